The summed E-state index contributed by atoms with van der Waals surface area (Å²) in [5, 5.41) is 12.1. The summed E-state index contributed by atoms with van der Waals surface area (Å²) < 4.78 is 2.14. The highest BCUT2D eigenvalue weighted by Crippen LogP contribution is 2.25. The van der Waals surface area contributed by atoms with E-state index in [1.165, 1.54) is 16.5 Å². The lowest BCUT2D eigenvalue weighted by atomic mass is 10.0. The van der Waals surface area contributed by atoms with Gasteiger partial charge in [0.1, 0.15) is 0 Å². The molecule has 4 rings (SSSR count). The molecule has 130 valence electrons. The van der Waals surface area contributed by atoms with E-state index in [1.54, 1.807) is 0 Å². The van der Waals surface area contributed by atoms with Gasteiger partial charge < -0.3 is 4.57 Å². The Kier molecular flexibility index (Phi) is 4.36. The molecule has 0 N–H and O–H groups in total. The topological polar surface area (TPSA) is 28.7 Å². The number of fused-ring (bicyclic) bond motifs is 1. The molecule has 0 saturated carbocycles. The monoisotopic (exact) mass is 348 g/mol. The Morgan fingerprint density at radius 2 is 1.70 bits per heavy atom. The van der Waals surface area contributed by atoms with Gasteiger partial charge in [-0.3, -0.25) is 0 Å². The first-order valence-electron chi connectivity index (χ1n) is 9.02. The van der Waals surface area contributed by atoms with Crippen molar-refractivity contribution < 1.29 is 0 Å². The number of nitrogens with zero attached hydrogens (tertiary/aromatic N) is 2. The maximum Gasteiger partial charge on any atom is 0.0998 e. The van der Waals surface area contributed by atoms with Crippen LogP contribution in [0.3, 0.4) is 0 Å². The van der Waals surface area contributed by atoms with E-state index < -0.39 is 0 Å². The van der Waals surface area contributed by atoms with Crippen molar-refractivity contribution in [2.45, 2.75) is 13.8 Å². The lowest BCUT2D eigenvalue weighted by molar-refractivity contribution is 1.04. The first-order chi connectivity index (χ1) is 13.2. The van der Waals surface area contributed by atoms with Gasteiger partial charge in [0.05, 0.1) is 11.6 Å². The first kappa shape index (κ1) is 16.9. The number of benzene rings is 3. The normalized spacial score (nSPS) is 11.5. The van der Waals surface area contributed by atoms with Crippen molar-refractivity contribution in [1.82, 2.24) is 4.57 Å². The Morgan fingerprint density at radius 1 is 0.889 bits per heavy atom. The minimum Gasteiger partial charge on any atom is -0.317 e. The molecule has 0 radical (unpaired) electrons. The molecular formula is C25H20N2. The summed E-state index contributed by atoms with van der Waals surface area (Å²) in [5.41, 5.74) is 6.23. The van der Waals surface area contributed by atoms with Crippen LogP contribution in [0.15, 0.2) is 79.0 Å². The van der Waals surface area contributed by atoms with Crippen molar-refractivity contribution in [2.24, 2.45) is 0 Å². The van der Waals surface area contributed by atoms with Crippen LogP contribution in [0.1, 0.15) is 22.4 Å². The van der Waals surface area contributed by atoms with Gasteiger partial charge in [-0.1, -0.05) is 48.5 Å². The van der Waals surface area contributed by atoms with Gasteiger partial charge in [0, 0.05) is 17.6 Å². The van der Waals surface area contributed by atoms with Gasteiger partial charge in [0.15, 0.2) is 0 Å². The number of aromatic nitrogens is 1. The molecular weight excluding hydrogens is 328 g/mol. The number of allylic oxidation sites excluding steroid dienone is 1. The van der Waals surface area contributed by atoms with Gasteiger partial charge >= 0.3 is 0 Å². The van der Waals surface area contributed by atoms with Crippen LogP contribution in [0, 0.1) is 25.2 Å². The summed E-state index contributed by atoms with van der Waals surface area (Å²) in [7, 11) is 0. The molecule has 2 nitrogen and oxygen atoms in total. The zero-order chi connectivity index (χ0) is 18.8. The van der Waals surface area contributed by atoms with Crippen LogP contribution < -0.4 is 0 Å². The molecule has 0 saturated heterocycles. The smallest absolute Gasteiger partial charge is 0.0998 e. The van der Waals surface area contributed by atoms with Crippen LogP contribution in [-0.4, -0.2) is 4.57 Å². The lowest BCUT2D eigenvalue weighted by Gasteiger charge is -2.12. The molecule has 0 aliphatic heterocycles. The third kappa shape index (κ3) is 3.16. The highest BCUT2D eigenvalue weighted by molar-refractivity contribution is 5.94. The van der Waals surface area contributed by atoms with Crippen molar-refractivity contribution in [2.75, 3.05) is 0 Å². The quantitative estimate of drug-likeness (QED) is 0.399. The second kappa shape index (κ2) is 6.97. The molecule has 27 heavy (non-hydrogen) atoms. The van der Waals surface area contributed by atoms with Crippen molar-refractivity contribution in [1.29, 1.82) is 5.26 Å². The summed E-state index contributed by atoms with van der Waals surface area (Å²) in [6.07, 6.45) is 4.01. The minimum absolute atomic E-state index is 0.658. The maximum atomic E-state index is 9.78. The van der Waals surface area contributed by atoms with Crippen molar-refractivity contribution in [3.05, 3.63) is 101 Å². The Bertz CT molecular complexity index is 1200. The number of hydrogen-bond donors (Lipinski definition) is 0. The summed E-state index contributed by atoms with van der Waals surface area (Å²) in [4.78, 5) is 0. The Morgan fingerprint density at radius 3 is 2.52 bits per heavy atom. The second-order valence-electron chi connectivity index (χ2n) is 6.75. The van der Waals surface area contributed by atoms with E-state index in [-0.39, 0.29) is 0 Å². The molecule has 1 heterocycles. The molecule has 0 unspecified atom stereocenters. The molecule has 3 aromatic carbocycles. The Labute approximate surface area is 159 Å². The van der Waals surface area contributed by atoms with E-state index in [9.17, 15) is 5.26 Å². The van der Waals surface area contributed by atoms with E-state index in [0.29, 0.717) is 5.57 Å². The van der Waals surface area contributed by atoms with Gasteiger partial charge in [-0.05, 0) is 71.7 Å². The average Bonchev–Trinajstić information content (AvgIpc) is 3.16. The number of aryl methyl sites for hydroxylation is 1. The standard InChI is InChI=1S/C25H20N2/c1-18-7-5-11-25(19(18)2)27-14-6-10-24(27)16-23(17-26)22-13-12-20-8-3-4-9-21(20)15-22/h3-16H,1-2H3/b23-16-. The summed E-state index contributed by atoms with van der Waals surface area (Å²) in [6.45, 7) is 4.25. The third-order valence-electron chi connectivity index (χ3n) is 5.09. The summed E-state index contributed by atoms with van der Waals surface area (Å²) >= 11 is 0. The van der Waals surface area contributed by atoms with Crippen LogP contribution in [-0.2, 0) is 0 Å². The van der Waals surface area contributed by atoms with Crippen LogP contribution >= 0.6 is 0 Å². The van der Waals surface area contributed by atoms with Crippen LogP contribution in [0.2, 0.25) is 0 Å². The molecule has 0 aliphatic carbocycles. The number of nitriles is 1. The molecule has 4 aromatic rings. The molecule has 0 spiro atoms. The fourth-order valence-electron chi connectivity index (χ4n) is 3.41. The largest absolute Gasteiger partial charge is 0.317 e. The maximum absolute atomic E-state index is 9.78. The molecule has 0 amide bonds. The Hall–Kier alpha value is -3.57. The SMILES string of the molecule is Cc1cccc(-n2cccc2/C=C(/C#N)c2ccc3ccccc3c2)c1C. The minimum atomic E-state index is 0.658. The van der Waals surface area contributed by atoms with E-state index in [1.807, 2.05) is 42.6 Å². The van der Waals surface area contributed by atoms with E-state index >= 15 is 0 Å². The van der Waals surface area contributed by atoms with E-state index in [0.717, 1.165) is 22.3 Å². The van der Waals surface area contributed by atoms with Crippen LogP contribution in [0.4, 0.5) is 0 Å². The predicted molar refractivity (Wildman–Crippen MR) is 113 cm³/mol. The summed E-state index contributed by atoms with van der Waals surface area (Å²) in [5.74, 6) is 0. The highest BCUT2D eigenvalue weighted by Gasteiger charge is 2.08. The van der Waals surface area contributed by atoms with Crippen molar-refractivity contribution in [3.8, 4) is 11.8 Å². The fraction of sp³-hybridized carbons (Fsp3) is 0.0800. The van der Waals surface area contributed by atoms with Gasteiger partial charge in [-0.25, -0.2) is 0 Å². The molecule has 0 fully saturated rings. The summed E-state index contributed by atoms with van der Waals surface area (Å²) in [6, 6.07) is 27.1. The first-order valence-corrected chi connectivity index (χ1v) is 9.02. The number of rotatable bonds is 3. The van der Waals surface area contributed by atoms with Gasteiger partial charge in [-0.2, -0.15) is 5.26 Å². The lowest BCUT2D eigenvalue weighted by Crippen LogP contribution is -1.99. The second-order valence-corrected chi connectivity index (χ2v) is 6.75. The molecule has 0 bridgehead atoms. The van der Waals surface area contributed by atoms with Gasteiger partial charge in [0.25, 0.3) is 0 Å². The third-order valence-corrected chi connectivity index (χ3v) is 5.09. The molecule has 2 heteroatoms. The highest BCUT2D eigenvalue weighted by atomic mass is 15.0. The van der Waals surface area contributed by atoms with Crippen molar-refractivity contribution in [3.63, 3.8) is 0 Å². The zero-order valence-electron chi connectivity index (χ0n) is 15.5. The Balaban J connectivity index is 1.81. The van der Waals surface area contributed by atoms with E-state index in [4.69, 9.17) is 0 Å². The fourth-order valence-corrected chi connectivity index (χ4v) is 3.41. The molecule has 0 aliphatic rings. The zero-order valence-corrected chi connectivity index (χ0v) is 15.5. The van der Waals surface area contributed by atoms with Gasteiger partial charge in [0.2, 0.25) is 0 Å². The predicted octanol–water partition coefficient (Wildman–Crippen LogP) is 6.31. The van der Waals surface area contributed by atoms with Gasteiger partial charge in [-0.15, -0.1) is 0 Å². The molecule has 1 aromatic heterocycles. The van der Waals surface area contributed by atoms with Crippen molar-refractivity contribution >= 4 is 22.4 Å². The average molecular weight is 348 g/mol. The van der Waals surface area contributed by atoms with Crippen LogP contribution in [0.5, 0.6) is 0 Å². The van der Waals surface area contributed by atoms with E-state index in [2.05, 4.69) is 66.9 Å². The number of hydrogen-bond acceptors (Lipinski definition) is 1. The molecule has 0 atom stereocenters. The van der Waals surface area contributed by atoms with Crippen LogP contribution in [0.25, 0.3) is 28.1 Å².